The van der Waals surface area contributed by atoms with Crippen molar-refractivity contribution in [3.63, 3.8) is 0 Å². The van der Waals surface area contributed by atoms with Gasteiger partial charge in [-0.2, -0.15) is 0 Å². The van der Waals surface area contributed by atoms with Crippen molar-refractivity contribution in [3.05, 3.63) is 64.7 Å². The van der Waals surface area contributed by atoms with E-state index in [9.17, 15) is 9.59 Å². The van der Waals surface area contributed by atoms with E-state index in [2.05, 4.69) is 20.8 Å². The van der Waals surface area contributed by atoms with Crippen LogP contribution in [-0.4, -0.2) is 11.8 Å². The van der Waals surface area contributed by atoms with Crippen LogP contribution >= 0.6 is 0 Å². The van der Waals surface area contributed by atoms with Crippen LogP contribution in [0.15, 0.2) is 42.5 Å². The Morgan fingerprint density at radius 1 is 1.07 bits per heavy atom. The molecule has 1 aliphatic carbocycles. The van der Waals surface area contributed by atoms with Gasteiger partial charge < -0.3 is 4.74 Å². The SMILES string of the molecule is CC.CCc1ccc(OC(=O)c2ccc3c(c2)C(C)(CC)CCC3=O)cc1. The second-order valence-corrected chi connectivity index (χ2v) is 6.98. The van der Waals surface area contributed by atoms with Crippen LogP contribution in [0.5, 0.6) is 5.75 Å². The minimum absolute atomic E-state index is 0.0672. The summed E-state index contributed by atoms with van der Waals surface area (Å²) >= 11 is 0. The zero-order chi connectivity index (χ0) is 20.0. The van der Waals surface area contributed by atoms with Gasteiger partial charge in [0.15, 0.2) is 5.78 Å². The van der Waals surface area contributed by atoms with Gasteiger partial charge in [-0.3, -0.25) is 4.79 Å². The molecule has 0 amide bonds. The van der Waals surface area contributed by atoms with E-state index in [0.29, 0.717) is 17.7 Å². The molecule has 0 saturated heterocycles. The van der Waals surface area contributed by atoms with Crippen molar-refractivity contribution in [1.29, 1.82) is 0 Å². The molecule has 0 N–H and O–H groups in total. The van der Waals surface area contributed by atoms with E-state index in [1.165, 1.54) is 5.56 Å². The Morgan fingerprint density at radius 3 is 2.33 bits per heavy atom. The number of benzene rings is 2. The molecule has 27 heavy (non-hydrogen) atoms. The van der Waals surface area contributed by atoms with Gasteiger partial charge in [0.25, 0.3) is 0 Å². The zero-order valence-corrected chi connectivity index (χ0v) is 17.1. The Labute approximate surface area is 162 Å². The number of rotatable bonds is 4. The summed E-state index contributed by atoms with van der Waals surface area (Å²) in [5, 5.41) is 0. The molecule has 0 bridgehead atoms. The number of carbonyl (C=O) groups excluding carboxylic acids is 2. The summed E-state index contributed by atoms with van der Waals surface area (Å²) < 4.78 is 5.50. The van der Waals surface area contributed by atoms with E-state index in [4.69, 9.17) is 4.74 Å². The topological polar surface area (TPSA) is 43.4 Å². The van der Waals surface area contributed by atoms with Crippen LogP contribution in [-0.2, 0) is 11.8 Å². The summed E-state index contributed by atoms with van der Waals surface area (Å²) in [5.74, 6) is 0.314. The minimum Gasteiger partial charge on any atom is -0.423 e. The monoisotopic (exact) mass is 366 g/mol. The zero-order valence-electron chi connectivity index (χ0n) is 17.1. The number of ketones is 1. The molecule has 3 rings (SSSR count). The highest BCUT2D eigenvalue weighted by atomic mass is 16.5. The number of Topliss-reactive ketones (excluding diaryl/α,β-unsaturated/α-hetero) is 1. The summed E-state index contributed by atoms with van der Waals surface area (Å²) in [6.07, 6.45) is 3.28. The molecular weight excluding hydrogens is 336 g/mol. The Morgan fingerprint density at radius 2 is 1.74 bits per heavy atom. The van der Waals surface area contributed by atoms with E-state index in [1.54, 1.807) is 12.1 Å². The molecule has 0 heterocycles. The van der Waals surface area contributed by atoms with Crippen LogP contribution in [0.2, 0.25) is 0 Å². The molecule has 0 aromatic heterocycles. The third-order valence-electron chi connectivity index (χ3n) is 5.43. The molecule has 0 saturated carbocycles. The number of hydrogen-bond acceptors (Lipinski definition) is 3. The predicted molar refractivity (Wildman–Crippen MR) is 110 cm³/mol. The number of hydrogen-bond donors (Lipinski definition) is 0. The van der Waals surface area contributed by atoms with Crippen molar-refractivity contribution in [3.8, 4) is 5.75 Å². The Balaban J connectivity index is 0.00000126. The first kappa shape index (κ1) is 20.9. The molecule has 2 aromatic rings. The second-order valence-electron chi connectivity index (χ2n) is 6.98. The van der Waals surface area contributed by atoms with Gasteiger partial charge in [-0.05, 0) is 60.1 Å². The first-order chi connectivity index (χ1) is 13.0. The molecule has 3 nitrogen and oxygen atoms in total. The van der Waals surface area contributed by atoms with E-state index < -0.39 is 0 Å². The van der Waals surface area contributed by atoms with Gasteiger partial charge >= 0.3 is 5.97 Å². The van der Waals surface area contributed by atoms with Gasteiger partial charge in [0, 0.05) is 12.0 Å². The smallest absolute Gasteiger partial charge is 0.343 e. The highest BCUT2D eigenvalue weighted by Gasteiger charge is 2.34. The summed E-state index contributed by atoms with van der Waals surface area (Å²) in [6.45, 7) is 10.4. The molecule has 1 aliphatic rings. The molecule has 1 unspecified atom stereocenters. The maximum Gasteiger partial charge on any atom is 0.343 e. The summed E-state index contributed by atoms with van der Waals surface area (Å²) in [6, 6.07) is 12.9. The van der Waals surface area contributed by atoms with Crippen molar-refractivity contribution in [2.75, 3.05) is 0 Å². The quantitative estimate of drug-likeness (QED) is 0.482. The summed E-state index contributed by atoms with van der Waals surface area (Å²) in [4.78, 5) is 24.7. The van der Waals surface area contributed by atoms with Crippen molar-refractivity contribution in [2.24, 2.45) is 0 Å². The maximum atomic E-state index is 12.5. The van der Waals surface area contributed by atoms with Crippen LogP contribution in [0.25, 0.3) is 0 Å². The lowest BCUT2D eigenvalue weighted by Gasteiger charge is -2.34. The average Bonchev–Trinajstić information content (AvgIpc) is 2.72. The van der Waals surface area contributed by atoms with Crippen LogP contribution in [0.4, 0.5) is 0 Å². The number of ether oxygens (including phenoxy) is 1. The van der Waals surface area contributed by atoms with Crippen LogP contribution in [0.1, 0.15) is 85.7 Å². The number of fused-ring (bicyclic) bond motifs is 1. The fourth-order valence-electron chi connectivity index (χ4n) is 3.40. The molecule has 3 heteroatoms. The predicted octanol–water partition coefficient (Wildman–Crippen LogP) is 6.14. The third kappa shape index (κ3) is 4.47. The van der Waals surface area contributed by atoms with Gasteiger partial charge in [-0.15, -0.1) is 0 Å². The van der Waals surface area contributed by atoms with Crippen molar-refractivity contribution < 1.29 is 14.3 Å². The molecule has 0 spiro atoms. The maximum absolute atomic E-state index is 12.5. The van der Waals surface area contributed by atoms with E-state index in [1.807, 2.05) is 44.2 Å². The fourth-order valence-corrected chi connectivity index (χ4v) is 3.40. The van der Waals surface area contributed by atoms with Crippen LogP contribution < -0.4 is 4.74 Å². The summed E-state index contributed by atoms with van der Waals surface area (Å²) in [7, 11) is 0. The van der Waals surface area contributed by atoms with Crippen molar-refractivity contribution >= 4 is 11.8 Å². The second kappa shape index (κ2) is 8.98. The van der Waals surface area contributed by atoms with Crippen molar-refractivity contribution in [2.45, 2.75) is 65.7 Å². The lowest BCUT2D eigenvalue weighted by Crippen LogP contribution is -2.30. The normalized spacial score (nSPS) is 18.2. The Kier molecular flexibility index (Phi) is 6.95. The van der Waals surface area contributed by atoms with Crippen LogP contribution in [0, 0.1) is 0 Å². The highest BCUT2D eigenvalue weighted by Crippen LogP contribution is 2.40. The van der Waals surface area contributed by atoms with Gasteiger partial charge in [0.05, 0.1) is 5.56 Å². The minimum atomic E-state index is -0.386. The molecule has 1 atom stereocenters. The first-order valence-corrected chi connectivity index (χ1v) is 9.95. The summed E-state index contributed by atoms with van der Waals surface area (Å²) in [5.41, 5.74) is 3.35. The number of esters is 1. The lowest BCUT2D eigenvalue weighted by molar-refractivity contribution is 0.0733. The third-order valence-corrected chi connectivity index (χ3v) is 5.43. The largest absolute Gasteiger partial charge is 0.423 e. The molecule has 0 radical (unpaired) electrons. The number of aryl methyl sites for hydroxylation is 1. The van der Waals surface area contributed by atoms with Crippen molar-refractivity contribution in [1.82, 2.24) is 0 Å². The molecule has 0 aliphatic heterocycles. The van der Waals surface area contributed by atoms with Crippen LogP contribution in [0.3, 0.4) is 0 Å². The fraction of sp³-hybridized carbons (Fsp3) is 0.417. The van der Waals surface area contributed by atoms with Gasteiger partial charge in [-0.1, -0.05) is 52.8 Å². The highest BCUT2D eigenvalue weighted by molar-refractivity contribution is 6.01. The van der Waals surface area contributed by atoms with Gasteiger partial charge in [0.2, 0.25) is 0 Å². The van der Waals surface area contributed by atoms with E-state index in [-0.39, 0.29) is 17.2 Å². The number of carbonyl (C=O) groups is 2. The standard InChI is InChI=1S/C22H24O3.C2H6/c1-4-15-6-9-17(10-7-15)25-21(24)16-8-11-18-19(14-16)22(3,5-2)13-12-20(18)23;1-2/h6-11,14H,4-5,12-13H2,1-3H3;1-2H3. The first-order valence-electron chi connectivity index (χ1n) is 9.95. The molecular formula is C24H30O3. The Bertz CT molecular complexity index is 805. The molecule has 2 aromatic carbocycles. The van der Waals surface area contributed by atoms with E-state index in [0.717, 1.165) is 30.4 Å². The lowest BCUT2D eigenvalue weighted by atomic mass is 9.69. The molecule has 0 fully saturated rings. The Hall–Kier alpha value is -2.42. The average molecular weight is 367 g/mol. The van der Waals surface area contributed by atoms with Gasteiger partial charge in [-0.25, -0.2) is 4.79 Å². The van der Waals surface area contributed by atoms with Gasteiger partial charge in [0.1, 0.15) is 5.75 Å². The van der Waals surface area contributed by atoms with E-state index >= 15 is 0 Å². The molecule has 144 valence electrons.